The normalized spacial score (nSPS) is 10.6. The van der Waals surface area contributed by atoms with Gasteiger partial charge in [-0.1, -0.05) is 60.7 Å². The van der Waals surface area contributed by atoms with E-state index in [1.807, 2.05) is 79.4 Å². The van der Waals surface area contributed by atoms with E-state index in [-0.39, 0.29) is 17.9 Å². The molecule has 0 aromatic heterocycles. The largest absolute Gasteiger partial charge is 0.332 e. The van der Waals surface area contributed by atoms with Crippen LogP contribution in [0.1, 0.15) is 35.3 Å². The van der Waals surface area contributed by atoms with Gasteiger partial charge in [-0.05, 0) is 49.2 Å². The zero-order valence-corrected chi connectivity index (χ0v) is 16.8. The second-order valence-corrected chi connectivity index (χ2v) is 7.30. The predicted molar refractivity (Wildman–Crippen MR) is 117 cm³/mol. The highest BCUT2D eigenvalue weighted by Gasteiger charge is 2.19. The van der Waals surface area contributed by atoms with Crippen LogP contribution in [-0.2, 0) is 17.8 Å². The lowest BCUT2D eigenvalue weighted by atomic mass is 10.1. The Labute approximate surface area is 172 Å². The highest BCUT2D eigenvalue weighted by molar-refractivity contribution is 5.96. The molecule has 3 aromatic rings. The molecular weight excluding hydrogens is 360 g/mol. The molecule has 0 heterocycles. The Bertz CT molecular complexity index is 936. The Kier molecular flexibility index (Phi) is 6.80. The Morgan fingerprint density at radius 3 is 1.90 bits per heavy atom. The summed E-state index contributed by atoms with van der Waals surface area (Å²) in [4.78, 5) is 27.1. The number of benzene rings is 3. The number of nitrogens with zero attached hydrogens (tertiary/aromatic N) is 1. The molecule has 4 nitrogen and oxygen atoms in total. The van der Waals surface area contributed by atoms with Crippen molar-refractivity contribution in [1.29, 1.82) is 0 Å². The first-order valence-electron chi connectivity index (χ1n) is 9.81. The lowest BCUT2D eigenvalue weighted by Gasteiger charge is -2.27. The SMILES string of the molecule is CC(C)N(Cc1ccccc1)C(=O)c1ccc(NC(=O)Cc2ccccc2)cc1. The first-order valence-corrected chi connectivity index (χ1v) is 9.81. The van der Waals surface area contributed by atoms with Crippen LogP contribution in [0.3, 0.4) is 0 Å². The summed E-state index contributed by atoms with van der Waals surface area (Å²) >= 11 is 0. The molecule has 0 atom stereocenters. The molecule has 4 heteroatoms. The summed E-state index contributed by atoms with van der Waals surface area (Å²) in [5.41, 5.74) is 3.35. The summed E-state index contributed by atoms with van der Waals surface area (Å²) in [5, 5.41) is 2.88. The zero-order valence-electron chi connectivity index (χ0n) is 16.8. The van der Waals surface area contributed by atoms with E-state index >= 15 is 0 Å². The maximum atomic E-state index is 13.0. The van der Waals surface area contributed by atoms with Gasteiger partial charge in [0.1, 0.15) is 0 Å². The van der Waals surface area contributed by atoms with E-state index in [0.717, 1.165) is 11.1 Å². The Balaban J connectivity index is 1.64. The first-order chi connectivity index (χ1) is 14.0. The van der Waals surface area contributed by atoms with E-state index in [0.29, 0.717) is 24.2 Å². The third-order valence-electron chi connectivity index (χ3n) is 4.70. The van der Waals surface area contributed by atoms with Gasteiger partial charge >= 0.3 is 0 Å². The molecule has 148 valence electrons. The molecule has 3 rings (SSSR count). The van der Waals surface area contributed by atoms with E-state index in [2.05, 4.69) is 5.32 Å². The Hall–Kier alpha value is -3.40. The van der Waals surface area contributed by atoms with Crippen LogP contribution < -0.4 is 5.32 Å². The summed E-state index contributed by atoms with van der Waals surface area (Å²) in [7, 11) is 0. The Morgan fingerprint density at radius 1 is 0.793 bits per heavy atom. The minimum Gasteiger partial charge on any atom is -0.332 e. The highest BCUT2D eigenvalue weighted by atomic mass is 16.2. The predicted octanol–water partition coefficient (Wildman–Crippen LogP) is 4.92. The van der Waals surface area contributed by atoms with Gasteiger partial charge in [-0.3, -0.25) is 9.59 Å². The van der Waals surface area contributed by atoms with E-state index in [1.165, 1.54) is 0 Å². The molecule has 0 aliphatic rings. The molecule has 2 amide bonds. The van der Waals surface area contributed by atoms with Crippen LogP contribution in [-0.4, -0.2) is 22.8 Å². The second-order valence-electron chi connectivity index (χ2n) is 7.30. The Morgan fingerprint density at radius 2 is 1.34 bits per heavy atom. The van der Waals surface area contributed by atoms with Crippen LogP contribution in [0.5, 0.6) is 0 Å². The minimum absolute atomic E-state index is 0.0222. The van der Waals surface area contributed by atoms with Gasteiger partial charge in [-0.2, -0.15) is 0 Å². The summed E-state index contributed by atoms with van der Waals surface area (Å²) in [6.45, 7) is 4.59. The van der Waals surface area contributed by atoms with E-state index < -0.39 is 0 Å². The molecule has 0 aliphatic heterocycles. The molecule has 0 saturated heterocycles. The van der Waals surface area contributed by atoms with Crippen molar-refractivity contribution in [3.63, 3.8) is 0 Å². The highest BCUT2D eigenvalue weighted by Crippen LogP contribution is 2.16. The summed E-state index contributed by atoms with van der Waals surface area (Å²) in [6, 6.07) is 26.7. The number of carbonyl (C=O) groups excluding carboxylic acids is 2. The fraction of sp³-hybridized carbons (Fsp3) is 0.200. The molecule has 0 spiro atoms. The molecule has 0 unspecified atom stereocenters. The van der Waals surface area contributed by atoms with Gasteiger partial charge in [0.2, 0.25) is 5.91 Å². The van der Waals surface area contributed by atoms with E-state index in [1.54, 1.807) is 24.3 Å². The van der Waals surface area contributed by atoms with Crippen LogP contribution >= 0.6 is 0 Å². The topological polar surface area (TPSA) is 49.4 Å². The van der Waals surface area contributed by atoms with Gasteiger partial charge < -0.3 is 10.2 Å². The molecule has 3 aromatic carbocycles. The summed E-state index contributed by atoms with van der Waals surface area (Å²) in [5.74, 6) is -0.103. The number of rotatable bonds is 7. The second kappa shape index (κ2) is 9.69. The van der Waals surface area contributed by atoms with Crippen molar-refractivity contribution < 1.29 is 9.59 Å². The lowest BCUT2D eigenvalue weighted by Crippen LogP contribution is -2.36. The van der Waals surface area contributed by atoms with Gasteiger partial charge in [0.25, 0.3) is 5.91 Å². The number of amides is 2. The third-order valence-corrected chi connectivity index (χ3v) is 4.70. The van der Waals surface area contributed by atoms with E-state index in [4.69, 9.17) is 0 Å². The maximum absolute atomic E-state index is 13.0. The number of hydrogen-bond acceptors (Lipinski definition) is 2. The van der Waals surface area contributed by atoms with E-state index in [9.17, 15) is 9.59 Å². The van der Waals surface area contributed by atoms with Gasteiger partial charge in [0.15, 0.2) is 0 Å². The molecule has 29 heavy (non-hydrogen) atoms. The van der Waals surface area contributed by atoms with Crippen LogP contribution in [0.4, 0.5) is 5.69 Å². The van der Waals surface area contributed by atoms with Gasteiger partial charge in [0, 0.05) is 23.8 Å². The smallest absolute Gasteiger partial charge is 0.254 e. The average Bonchev–Trinajstić information content (AvgIpc) is 2.73. The standard InChI is InChI=1S/C25H26N2O2/c1-19(2)27(18-21-11-7-4-8-12-21)25(29)22-13-15-23(16-14-22)26-24(28)17-20-9-5-3-6-10-20/h3-16,19H,17-18H2,1-2H3,(H,26,28). The van der Waals surface area contributed by atoms with Crippen LogP contribution in [0.15, 0.2) is 84.9 Å². The quantitative estimate of drug-likeness (QED) is 0.627. The van der Waals surface area contributed by atoms with Crippen LogP contribution in [0.2, 0.25) is 0 Å². The van der Waals surface area contributed by atoms with Crippen molar-refractivity contribution in [3.8, 4) is 0 Å². The molecule has 0 fully saturated rings. The lowest BCUT2D eigenvalue weighted by molar-refractivity contribution is -0.115. The molecule has 0 radical (unpaired) electrons. The number of carbonyl (C=O) groups is 2. The molecule has 0 bridgehead atoms. The van der Waals surface area contributed by atoms with Crippen molar-refractivity contribution in [2.75, 3.05) is 5.32 Å². The monoisotopic (exact) mass is 386 g/mol. The van der Waals surface area contributed by atoms with Gasteiger partial charge in [-0.25, -0.2) is 0 Å². The average molecular weight is 386 g/mol. The minimum atomic E-state index is -0.0804. The number of nitrogens with one attached hydrogen (secondary N) is 1. The number of anilines is 1. The molecule has 0 saturated carbocycles. The van der Waals surface area contributed by atoms with Crippen molar-refractivity contribution >= 4 is 17.5 Å². The fourth-order valence-corrected chi connectivity index (χ4v) is 3.12. The molecule has 0 aliphatic carbocycles. The maximum Gasteiger partial charge on any atom is 0.254 e. The van der Waals surface area contributed by atoms with Crippen molar-refractivity contribution in [3.05, 3.63) is 102 Å². The fourth-order valence-electron chi connectivity index (χ4n) is 3.12. The van der Waals surface area contributed by atoms with Crippen LogP contribution in [0, 0.1) is 0 Å². The van der Waals surface area contributed by atoms with Crippen molar-refractivity contribution in [1.82, 2.24) is 4.90 Å². The van der Waals surface area contributed by atoms with Crippen molar-refractivity contribution in [2.24, 2.45) is 0 Å². The summed E-state index contributed by atoms with van der Waals surface area (Å²) in [6.07, 6.45) is 0.319. The molecule has 1 N–H and O–H groups in total. The zero-order chi connectivity index (χ0) is 20.6. The van der Waals surface area contributed by atoms with Crippen molar-refractivity contribution in [2.45, 2.75) is 32.9 Å². The van der Waals surface area contributed by atoms with Gasteiger partial charge in [-0.15, -0.1) is 0 Å². The van der Waals surface area contributed by atoms with Gasteiger partial charge in [0.05, 0.1) is 6.42 Å². The third kappa shape index (κ3) is 5.79. The molecular formula is C25H26N2O2. The first kappa shape index (κ1) is 20.3. The summed E-state index contributed by atoms with van der Waals surface area (Å²) < 4.78 is 0. The number of hydrogen-bond donors (Lipinski definition) is 1. The van der Waals surface area contributed by atoms with Crippen LogP contribution in [0.25, 0.3) is 0 Å².